The number of benzene rings is 1. The third kappa shape index (κ3) is 4.54. The van der Waals surface area contributed by atoms with Gasteiger partial charge in [0, 0.05) is 56.1 Å². The molecule has 3 aromatic heterocycles. The second-order valence-corrected chi connectivity index (χ2v) is 9.05. The highest BCUT2D eigenvalue weighted by Crippen LogP contribution is 2.41. The van der Waals surface area contributed by atoms with Crippen LogP contribution in [0.4, 0.5) is 29.1 Å². The average Bonchev–Trinajstić information content (AvgIpc) is 3.33. The highest BCUT2D eigenvalue weighted by atomic mass is 19.4. The van der Waals surface area contributed by atoms with Crippen LogP contribution in [0.2, 0.25) is 0 Å². The molecule has 13 heteroatoms. The summed E-state index contributed by atoms with van der Waals surface area (Å²) in [5, 5.41) is 14.8. The molecule has 0 spiro atoms. The van der Waals surface area contributed by atoms with Gasteiger partial charge in [0.25, 0.3) is 5.69 Å². The van der Waals surface area contributed by atoms with Crippen LogP contribution in [-0.4, -0.2) is 37.5 Å². The first-order valence-electron chi connectivity index (χ1n) is 11.5. The number of pyridine rings is 1. The van der Waals surface area contributed by atoms with Crippen LogP contribution in [0.15, 0.2) is 36.7 Å². The number of anilines is 1. The summed E-state index contributed by atoms with van der Waals surface area (Å²) in [6.45, 7) is 3.72. The number of fused-ring (bicyclic) bond motifs is 3. The summed E-state index contributed by atoms with van der Waals surface area (Å²) < 4.78 is 63.3. The third-order valence-corrected chi connectivity index (χ3v) is 6.54. The number of nitro benzene ring substituents is 1. The number of nitro groups is 1. The van der Waals surface area contributed by atoms with Gasteiger partial charge in [-0.15, -0.1) is 0 Å². The Morgan fingerprint density at radius 1 is 1.16 bits per heavy atom. The molecule has 0 aliphatic carbocycles. The molecule has 194 valence electrons. The lowest BCUT2D eigenvalue weighted by atomic mass is 9.88. The Morgan fingerprint density at radius 2 is 1.89 bits per heavy atom. The monoisotopic (exact) mass is 518 g/mol. The Hall–Kier alpha value is -3.87. The molecule has 9 nitrogen and oxygen atoms in total. The molecule has 4 aromatic rings. The molecule has 0 unspecified atom stereocenters. The molecule has 0 radical (unpaired) electrons. The third-order valence-electron chi connectivity index (χ3n) is 6.54. The van der Waals surface area contributed by atoms with Crippen LogP contribution in [0.3, 0.4) is 0 Å². The molecule has 1 aliphatic rings. The first-order valence-corrected chi connectivity index (χ1v) is 11.5. The van der Waals surface area contributed by atoms with Crippen molar-refractivity contribution < 1.29 is 27.2 Å². The summed E-state index contributed by atoms with van der Waals surface area (Å²) in [6.07, 6.45) is -1.29. The molecule has 4 heterocycles. The Bertz CT molecular complexity index is 1510. The number of halogens is 4. The van der Waals surface area contributed by atoms with Gasteiger partial charge in [-0.25, -0.2) is 19.3 Å². The van der Waals surface area contributed by atoms with Gasteiger partial charge in [-0.3, -0.25) is 14.5 Å². The van der Waals surface area contributed by atoms with E-state index in [1.54, 1.807) is 30.5 Å². The number of alkyl halides is 4. The van der Waals surface area contributed by atoms with E-state index in [4.69, 9.17) is 4.74 Å². The van der Waals surface area contributed by atoms with Crippen LogP contribution >= 0.6 is 0 Å². The van der Waals surface area contributed by atoms with Gasteiger partial charge in [-0.2, -0.15) is 13.2 Å². The second kappa shape index (κ2) is 8.91. The van der Waals surface area contributed by atoms with Crippen LogP contribution in [0.25, 0.3) is 16.7 Å². The number of aromatic nitrogens is 4. The molecular weight excluding hydrogens is 496 g/mol. The number of aryl methyl sites for hydroxylation is 1. The summed E-state index contributed by atoms with van der Waals surface area (Å²) in [5.74, 6) is 0.614. The maximum atomic E-state index is 16.1. The lowest BCUT2D eigenvalue weighted by molar-refractivity contribution is -0.385. The maximum Gasteiger partial charge on any atom is 0.416 e. The van der Waals surface area contributed by atoms with E-state index in [9.17, 15) is 23.3 Å². The Kier molecular flexibility index (Phi) is 5.97. The summed E-state index contributed by atoms with van der Waals surface area (Å²) >= 11 is 0. The lowest BCUT2D eigenvalue weighted by Crippen LogP contribution is -2.30. The van der Waals surface area contributed by atoms with E-state index >= 15 is 4.39 Å². The van der Waals surface area contributed by atoms with Gasteiger partial charge >= 0.3 is 6.18 Å². The van der Waals surface area contributed by atoms with Crippen LogP contribution in [0, 0.1) is 17.0 Å². The largest absolute Gasteiger partial charge is 0.416 e. The molecule has 1 atom stereocenters. The highest BCUT2D eigenvalue weighted by Gasteiger charge is 2.38. The molecule has 1 aliphatic heterocycles. The van der Waals surface area contributed by atoms with Crippen LogP contribution in [-0.2, 0) is 16.6 Å². The van der Waals surface area contributed by atoms with Crippen LogP contribution < -0.4 is 5.32 Å². The van der Waals surface area contributed by atoms with Gasteiger partial charge in [0.1, 0.15) is 23.0 Å². The summed E-state index contributed by atoms with van der Waals surface area (Å²) in [6, 6.07) is 3.24. The zero-order chi connectivity index (χ0) is 26.5. The molecule has 1 fully saturated rings. The number of hydrogen-bond acceptors (Lipinski definition) is 7. The standard InChI is InChI=1S/C24H22F4N6O3/c1-13(15-9-16(24(26,27)28)11-17(10-15)34(35)36)30-20-18-12-19(23(25)3-7-37-8-4-23)22-29-5-6-33(22)21(18)32-14(2)31-20/h5-6,9-13H,3-4,7-8H2,1-2H3,(H,30,31,32)/t13-/m1/s1. The number of nitrogens with zero attached hydrogens (tertiary/aromatic N) is 5. The minimum Gasteiger partial charge on any atom is -0.381 e. The zero-order valence-electron chi connectivity index (χ0n) is 19.8. The molecule has 5 rings (SSSR count). The number of non-ortho nitro benzene ring substituents is 1. The summed E-state index contributed by atoms with van der Waals surface area (Å²) in [7, 11) is 0. The first kappa shape index (κ1) is 24.8. The van der Waals surface area contributed by atoms with Crippen molar-refractivity contribution in [2.45, 2.75) is 44.6 Å². The van der Waals surface area contributed by atoms with Crippen molar-refractivity contribution in [2.24, 2.45) is 0 Å². The fourth-order valence-electron chi connectivity index (χ4n) is 4.61. The molecule has 0 saturated carbocycles. The van der Waals surface area contributed by atoms with Crippen molar-refractivity contribution in [2.75, 3.05) is 18.5 Å². The fraction of sp³-hybridized carbons (Fsp3) is 0.375. The maximum absolute atomic E-state index is 16.1. The van der Waals surface area contributed by atoms with Gasteiger partial charge < -0.3 is 10.1 Å². The molecule has 0 amide bonds. The normalized spacial score (nSPS) is 16.7. The van der Waals surface area contributed by atoms with E-state index < -0.39 is 34.1 Å². The predicted molar refractivity (Wildman–Crippen MR) is 126 cm³/mol. The van der Waals surface area contributed by atoms with Crippen molar-refractivity contribution in [3.63, 3.8) is 0 Å². The smallest absolute Gasteiger partial charge is 0.381 e. The Morgan fingerprint density at radius 3 is 2.57 bits per heavy atom. The fourth-order valence-corrected chi connectivity index (χ4v) is 4.61. The minimum atomic E-state index is -4.76. The molecule has 37 heavy (non-hydrogen) atoms. The van der Waals surface area contributed by atoms with Crippen molar-refractivity contribution in [3.8, 4) is 0 Å². The Labute approximate surface area is 207 Å². The highest BCUT2D eigenvalue weighted by molar-refractivity contribution is 5.90. The van der Waals surface area contributed by atoms with E-state index in [-0.39, 0.29) is 37.4 Å². The van der Waals surface area contributed by atoms with Crippen LogP contribution in [0.1, 0.15) is 48.3 Å². The van der Waals surface area contributed by atoms with Crippen molar-refractivity contribution >= 4 is 28.2 Å². The minimum absolute atomic E-state index is 0.0428. The number of imidazole rings is 1. The van der Waals surface area contributed by atoms with E-state index in [1.807, 2.05) is 0 Å². The van der Waals surface area contributed by atoms with Gasteiger partial charge in [0.2, 0.25) is 0 Å². The zero-order valence-corrected chi connectivity index (χ0v) is 19.8. The molecule has 1 N–H and O–H groups in total. The molecule has 1 aromatic carbocycles. The quantitative estimate of drug-likeness (QED) is 0.206. The van der Waals surface area contributed by atoms with Crippen molar-refractivity contribution in [1.29, 1.82) is 0 Å². The average molecular weight is 518 g/mol. The number of ether oxygens (including phenoxy) is 1. The van der Waals surface area contributed by atoms with Gasteiger partial charge in [0.15, 0.2) is 5.65 Å². The van der Waals surface area contributed by atoms with Gasteiger partial charge in [0.05, 0.1) is 21.9 Å². The van der Waals surface area contributed by atoms with Gasteiger partial charge in [-0.1, -0.05) is 0 Å². The summed E-state index contributed by atoms with van der Waals surface area (Å²) in [4.78, 5) is 23.7. The van der Waals surface area contributed by atoms with Crippen LogP contribution in [0.5, 0.6) is 0 Å². The molecular formula is C24H22F4N6O3. The van der Waals surface area contributed by atoms with E-state index in [2.05, 4.69) is 20.3 Å². The second-order valence-electron chi connectivity index (χ2n) is 9.05. The molecule has 0 bridgehead atoms. The SMILES string of the molecule is Cc1nc(N[C@H](C)c2cc([N+](=O)[O-])cc(C(F)(F)F)c2)c2cc(C3(F)CCOCC3)c3nccn3c2n1. The predicted octanol–water partition coefficient (Wildman–Crippen LogP) is 5.66. The Balaban J connectivity index is 1.64. The van der Waals surface area contributed by atoms with Crippen molar-refractivity contribution in [1.82, 2.24) is 19.4 Å². The number of hydrogen-bond donors (Lipinski definition) is 1. The first-order chi connectivity index (χ1) is 17.5. The topological polar surface area (TPSA) is 107 Å². The van der Waals surface area contributed by atoms with Crippen molar-refractivity contribution in [3.05, 3.63) is 69.3 Å². The number of nitrogens with one attached hydrogen (secondary N) is 1. The van der Waals surface area contributed by atoms with E-state index in [0.29, 0.717) is 34.1 Å². The van der Waals surface area contributed by atoms with Gasteiger partial charge in [-0.05, 0) is 31.5 Å². The van der Waals surface area contributed by atoms with E-state index in [0.717, 1.165) is 12.1 Å². The molecule has 1 saturated heterocycles. The lowest BCUT2D eigenvalue weighted by Gasteiger charge is -2.30. The van der Waals surface area contributed by atoms with E-state index in [1.165, 1.54) is 6.20 Å². The summed E-state index contributed by atoms with van der Waals surface area (Å²) in [5.41, 5.74) is -2.29. The number of rotatable bonds is 5.